The number of amidine groups is 2. The average molecular weight is 387 g/mol. The number of carbonyl (C=O) groups excluding carboxylic acids is 1. The van der Waals surface area contributed by atoms with Gasteiger partial charge in [-0.1, -0.05) is 42.5 Å². The molecule has 2 aromatic carbocycles. The Morgan fingerprint density at radius 2 is 1.55 bits per heavy atom. The van der Waals surface area contributed by atoms with E-state index in [9.17, 15) is 4.79 Å². The molecule has 0 radical (unpaired) electrons. The summed E-state index contributed by atoms with van der Waals surface area (Å²) >= 11 is 0. The van der Waals surface area contributed by atoms with E-state index in [0.29, 0.717) is 17.5 Å². The minimum atomic E-state index is -0.00307. The second-order valence-corrected chi connectivity index (χ2v) is 7.07. The van der Waals surface area contributed by atoms with Gasteiger partial charge in [0.1, 0.15) is 11.7 Å². The fraction of sp³-hybridized carbons (Fsp3) is 0.174. The van der Waals surface area contributed by atoms with Crippen LogP contribution in [0.2, 0.25) is 0 Å². The topological polar surface area (TPSA) is 122 Å². The molecule has 1 aromatic heterocycles. The number of nitrogens with two attached hydrogens (primary N) is 2. The summed E-state index contributed by atoms with van der Waals surface area (Å²) in [4.78, 5) is 12.7. The van der Waals surface area contributed by atoms with Crippen LogP contribution in [0.4, 0.5) is 0 Å². The molecule has 1 heterocycles. The molecule has 0 aliphatic carbocycles. The van der Waals surface area contributed by atoms with Crippen molar-refractivity contribution in [3.8, 4) is 0 Å². The fourth-order valence-electron chi connectivity index (χ4n) is 3.36. The van der Waals surface area contributed by atoms with Gasteiger partial charge in [0.2, 0.25) is 5.91 Å². The smallest absolute Gasteiger partial charge is 0.231 e. The third-order valence-electron chi connectivity index (χ3n) is 5.03. The molecule has 3 rings (SSSR count). The monoisotopic (exact) mass is 387 g/mol. The van der Waals surface area contributed by atoms with Crippen LogP contribution in [0.15, 0.2) is 73.1 Å². The maximum atomic E-state index is 12.7. The highest BCUT2D eigenvalue weighted by atomic mass is 16.1. The summed E-state index contributed by atoms with van der Waals surface area (Å²) in [6.07, 6.45) is 5.43. The lowest BCUT2D eigenvalue weighted by Crippen LogP contribution is -2.16. The highest BCUT2D eigenvalue weighted by Crippen LogP contribution is 2.27. The predicted octanol–water partition coefficient (Wildman–Crippen LogP) is 3.50. The highest BCUT2D eigenvalue weighted by molar-refractivity contribution is 5.95. The summed E-state index contributed by atoms with van der Waals surface area (Å²) in [5.74, 6) is 0.0896. The first kappa shape index (κ1) is 20.1. The number of carbonyl (C=O) groups is 1. The Balaban J connectivity index is 1.80. The number of benzene rings is 2. The first-order valence-corrected chi connectivity index (χ1v) is 9.48. The maximum absolute atomic E-state index is 12.7. The average Bonchev–Trinajstić information content (AvgIpc) is 3.26. The number of hydrogen-bond acceptors (Lipinski definition) is 3. The Hall–Kier alpha value is -3.67. The van der Waals surface area contributed by atoms with Crippen LogP contribution in [0, 0.1) is 10.8 Å². The van der Waals surface area contributed by atoms with E-state index in [1.54, 1.807) is 23.0 Å². The summed E-state index contributed by atoms with van der Waals surface area (Å²) in [5.41, 5.74) is 14.6. The van der Waals surface area contributed by atoms with E-state index in [2.05, 4.69) is 0 Å². The molecule has 29 heavy (non-hydrogen) atoms. The minimum absolute atomic E-state index is 0.00307. The molecule has 0 saturated heterocycles. The van der Waals surface area contributed by atoms with Gasteiger partial charge in [-0.05, 0) is 48.1 Å². The van der Waals surface area contributed by atoms with E-state index < -0.39 is 0 Å². The van der Waals surface area contributed by atoms with Gasteiger partial charge in [0.25, 0.3) is 0 Å². The normalized spacial score (nSPS) is 11.7. The zero-order chi connectivity index (χ0) is 20.8. The number of aryl methyl sites for hydroxylation is 1. The Kier molecular flexibility index (Phi) is 6.24. The molecule has 0 aliphatic heterocycles. The Morgan fingerprint density at radius 3 is 2.17 bits per heavy atom. The van der Waals surface area contributed by atoms with Crippen molar-refractivity contribution in [1.29, 1.82) is 10.8 Å². The Bertz CT molecular complexity index is 1010. The van der Waals surface area contributed by atoms with Crippen molar-refractivity contribution in [2.75, 3.05) is 0 Å². The predicted molar refractivity (Wildman–Crippen MR) is 116 cm³/mol. The van der Waals surface area contributed by atoms with E-state index in [0.717, 1.165) is 24.0 Å². The number of aromatic nitrogens is 1. The molecule has 3 aromatic rings. The molecule has 0 spiro atoms. The zero-order valence-corrected chi connectivity index (χ0v) is 16.1. The summed E-state index contributed by atoms with van der Waals surface area (Å²) in [6, 6.07) is 18.8. The molecule has 0 fully saturated rings. The van der Waals surface area contributed by atoms with E-state index in [-0.39, 0.29) is 23.5 Å². The first-order chi connectivity index (χ1) is 13.9. The van der Waals surface area contributed by atoms with Gasteiger partial charge < -0.3 is 11.5 Å². The van der Waals surface area contributed by atoms with Crippen LogP contribution in [-0.4, -0.2) is 22.1 Å². The highest BCUT2D eigenvalue weighted by Gasteiger charge is 2.18. The number of hydrogen-bond donors (Lipinski definition) is 4. The molecule has 0 amide bonds. The Morgan fingerprint density at radius 1 is 0.897 bits per heavy atom. The van der Waals surface area contributed by atoms with Crippen LogP contribution in [0.5, 0.6) is 0 Å². The summed E-state index contributed by atoms with van der Waals surface area (Å²) < 4.78 is 1.60. The van der Waals surface area contributed by atoms with Crippen LogP contribution in [0.25, 0.3) is 0 Å². The van der Waals surface area contributed by atoms with E-state index >= 15 is 0 Å². The lowest BCUT2D eigenvalue weighted by Gasteiger charge is -2.18. The van der Waals surface area contributed by atoms with Crippen LogP contribution in [0.3, 0.4) is 0 Å². The molecule has 0 bridgehead atoms. The quantitative estimate of drug-likeness (QED) is 0.349. The van der Waals surface area contributed by atoms with Crippen molar-refractivity contribution in [2.24, 2.45) is 11.5 Å². The molecule has 0 saturated carbocycles. The van der Waals surface area contributed by atoms with Crippen LogP contribution in [0.1, 0.15) is 45.8 Å². The van der Waals surface area contributed by atoms with Crippen molar-refractivity contribution >= 4 is 17.6 Å². The summed E-state index contributed by atoms with van der Waals surface area (Å²) in [6.45, 7) is 0. The molecule has 6 heteroatoms. The van der Waals surface area contributed by atoms with Gasteiger partial charge in [0.05, 0.1) is 0 Å². The summed E-state index contributed by atoms with van der Waals surface area (Å²) in [7, 11) is 0. The van der Waals surface area contributed by atoms with Crippen LogP contribution >= 0.6 is 0 Å². The lowest BCUT2D eigenvalue weighted by molar-refractivity contribution is 0.0892. The number of nitrogen functional groups attached to an aromatic ring is 2. The van der Waals surface area contributed by atoms with Crippen molar-refractivity contribution in [3.05, 3.63) is 95.3 Å². The fourth-order valence-corrected chi connectivity index (χ4v) is 3.36. The van der Waals surface area contributed by atoms with Gasteiger partial charge in [0, 0.05) is 29.9 Å². The van der Waals surface area contributed by atoms with Gasteiger partial charge in [-0.3, -0.25) is 20.2 Å². The van der Waals surface area contributed by atoms with Gasteiger partial charge in [-0.25, -0.2) is 0 Å². The number of nitrogens with one attached hydrogen (secondary N) is 2. The van der Waals surface area contributed by atoms with Gasteiger partial charge in [-0.2, -0.15) is 0 Å². The molecular formula is C23H25N5O. The van der Waals surface area contributed by atoms with Crippen molar-refractivity contribution in [3.63, 3.8) is 0 Å². The van der Waals surface area contributed by atoms with Crippen molar-refractivity contribution in [1.82, 2.24) is 4.57 Å². The third kappa shape index (κ3) is 5.19. The lowest BCUT2D eigenvalue weighted by atomic mass is 9.88. The molecule has 0 aliphatic rings. The number of nitrogens with zero attached hydrogens (tertiary/aromatic N) is 1. The van der Waals surface area contributed by atoms with Crippen LogP contribution in [-0.2, 0) is 6.42 Å². The van der Waals surface area contributed by atoms with Gasteiger partial charge >= 0.3 is 0 Å². The van der Waals surface area contributed by atoms with Gasteiger partial charge in [0.15, 0.2) is 0 Å². The van der Waals surface area contributed by atoms with E-state index in [1.165, 1.54) is 0 Å². The van der Waals surface area contributed by atoms with Gasteiger partial charge in [-0.15, -0.1) is 0 Å². The second kappa shape index (κ2) is 9.01. The minimum Gasteiger partial charge on any atom is -0.384 e. The molecule has 148 valence electrons. The van der Waals surface area contributed by atoms with Crippen molar-refractivity contribution < 1.29 is 4.79 Å². The Labute approximate surface area is 170 Å². The van der Waals surface area contributed by atoms with E-state index in [4.69, 9.17) is 22.3 Å². The van der Waals surface area contributed by atoms with Crippen LogP contribution < -0.4 is 11.5 Å². The maximum Gasteiger partial charge on any atom is 0.231 e. The molecule has 0 unspecified atom stereocenters. The van der Waals surface area contributed by atoms with E-state index in [1.807, 2.05) is 54.6 Å². The standard InChI is InChI=1S/C23H25N5O/c24-22(25)17-9-6-16(7-10-17)8-11-19(15-21(29)28-12-1-2-13-28)18-4-3-5-20(14-18)23(26)27/h1-7,9-10,12-14,19H,8,11,15H2,(H3,24,25)(H3,26,27)/t19-/m1/s1. The van der Waals surface area contributed by atoms with Crippen molar-refractivity contribution in [2.45, 2.75) is 25.2 Å². The zero-order valence-electron chi connectivity index (χ0n) is 16.1. The SMILES string of the molecule is N=C(N)c1ccc(CC[C@H](CC(=O)n2cccc2)c2cccc(C(=N)N)c2)cc1. The molecule has 6 N–H and O–H groups in total. The molecule has 1 atom stereocenters. The molecular weight excluding hydrogens is 362 g/mol. The first-order valence-electron chi connectivity index (χ1n) is 9.48. The third-order valence-corrected chi connectivity index (χ3v) is 5.03. The number of rotatable bonds is 8. The molecule has 6 nitrogen and oxygen atoms in total. The largest absolute Gasteiger partial charge is 0.384 e. The second-order valence-electron chi connectivity index (χ2n) is 7.07. The summed E-state index contributed by atoms with van der Waals surface area (Å²) in [5, 5.41) is 15.2.